The Morgan fingerprint density at radius 3 is 2.80 bits per heavy atom. The molecule has 3 heterocycles. The Hall–Kier alpha value is -3.33. The number of hydrogen-bond donors (Lipinski definition) is 2. The standard InChI is InChI=1S/C21H23N5O3S/c1-4-29-20(28)11-19(27)24-14(3)21-23-12-16(30-21)15-6-5-7-17(25-15)26-18-10-13(2)8-9-22-18/h5-10,12,14H,4,11H2,1-3H3,(H,24,27)(H,22,25,26)/t14-/m0/s1. The van der Waals surface area contributed by atoms with Crippen LogP contribution >= 0.6 is 11.3 Å². The average molecular weight is 426 g/mol. The Kier molecular flexibility index (Phi) is 7.08. The summed E-state index contributed by atoms with van der Waals surface area (Å²) >= 11 is 1.43. The Morgan fingerprint density at radius 1 is 1.20 bits per heavy atom. The van der Waals surface area contributed by atoms with E-state index in [0.29, 0.717) is 5.82 Å². The first-order valence-corrected chi connectivity index (χ1v) is 10.3. The quantitative estimate of drug-likeness (QED) is 0.418. The van der Waals surface area contributed by atoms with Crippen LogP contribution in [-0.2, 0) is 14.3 Å². The van der Waals surface area contributed by atoms with Gasteiger partial charge in [0.15, 0.2) is 0 Å². The van der Waals surface area contributed by atoms with Gasteiger partial charge in [-0.15, -0.1) is 11.3 Å². The van der Waals surface area contributed by atoms with Crippen LogP contribution in [0.5, 0.6) is 0 Å². The van der Waals surface area contributed by atoms with Crippen molar-refractivity contribution in [2.24, 2.45) is 0 Å². The van der Waals surface area contributed by atoms with Crippen LogP contribution in [0.25, 0.3) is 10.6 Å². The summed E-state index contributed by atoms with van der Waals surface area (Å²) in [4.78, 5) is 37.6. The van der Waals surface area contributed by atoms with Crippen LogP contribution < -0.4 is 10.6 Å². The molecule has 0 saturated carbocycles. The molecule has 0 fully saturated rings. The number of anilines is 2. The summed E-state index contributed by atoms with van der Waals surface area (Å²) in [5, 5.41) is 6.69. The van der Waals surface area contributed by atoms with Gasteiger partial charge in [0, 0.05) is 12.4 Å². The molecule has 0 aromatic carbocycles. The van der Waals surface area contributed by atoms with Crippen molar-refractivity contribution in [3.8, 4) is 10.6 Å². The predicted octanol–water partition coefficient (Wildman–Crippen LogP) is 3.78. The molecule has 156 valence electrons. The second-order valence-corrected chi connectivity index (χ2v) is 7.65. The summed E-state index contributed by atoms with van der Waals surface area (Å²) in [6.07, 6.45) is 3.17. The molecule has 3 aromatic rings. The number of aromatic nitrogens is 3. The molecule has 0 aliphatic heterocycles. The number of hydrogen-bond acceptors (Lipinski definition) is 8. The number of aryl methyl sites for hydroxylation is 1. The highest BCUT2D eigenvalue weighted by Crippen LogP contribution is 2.29. The molecule has 0 bridgehead atoms. The molecular formula is C21H23N5O3S. The van der Waals surface area contributed by atoms with Crippen molar-refractivity contribution in [3.63, 3.8) is 0 Å². The van der Waals surface area contributed by atoms with E-state index in [2.05, 4.69) is 25.6 Å². The van der Waals surface area contributed by atoms with Crippen LogP contribution in [0.1, 0.15) is 36.9 Å². The highest BCUT2D eigenvalue weighted by Gasteiger charge is 2.17. The zero-order valence-electron chi connectivity index (χ0n) is 17.0. The van der Waals surface area contributed by atoms with Gasteiger partial charge in [0.1, 0.15) is 23.1 Å². The van der Waals surface area contributed by atoms with Gasteiger partial charge in [-0.3, -0.25) is 9.59 Å². The largest absolute Gasteiger partial charge is 0.466 e. The minimum absolute atomic E-state index is 0.248. The third kappa shape index (κ3) is 5.84. The topological polar surface area (TPSA) is 106 Å². The zero-order chi connectivity index (χ0) is 21.5. The molecule has 2 N–H and O–H groups in total. The van der Waals surface area contributed by atoms with Crippen LogP contribution in [0.3, 0.4) is 0 Å². The maximum atomic E-state index is 12.0. The summed E-state index contributed by atoms with van der Waals surface area (Å²) in [5.74, 6) is 0.463. The lowest BCUT2D eigenvalue weighted by Gasteiger charge is -2.10. The van der Waals surface area contributed by atoms with Gasteiger partial charge >= 0.3 is 5.97 Å². The summed E-state index contributed by atoms with van der Waals surface area (Å²) < 4.78 is 4.79. The molecule has 0 aliphatic rings. The van der Waals surface area contributed by atoms with Crippen molar-refractivity contribution in [3.05, 3.63) is 53.3 Å². The molecule has 30 heavy (non-hydrogen) atoms. The maximum absolute atomic E-state index is 12.0. The van der Waals surface area contributed by atoms with Crippen molar-refractivity contribution in [2.45, 2.75) is 33.2 Å². The van der Waals surface area contributed by atoms with Crippen molar-refractivity contribution < 1.29 is 14.3 Å². The molecule has 3 rings (SSSR count). The van der Waals surface area contributed by atoms with Crippen LogP contribution in [0.4, 0.5) is 11.6 Å². The van der Waals surface area contributed by atoms with E-state index in [1.165, 1.54) is 11.3 Å². The predicted molar refractivity (Wildman–Crippen MR) is 115 cm³/mol. The van der Waals surface area contributed by atoms with Crippen LogP contribution in [0.15, 0.2) is 42.7 Å². The van der Waals surface area contributed by atoms with Crippen molar-refractivity contribution in [2.75, 3.05) is 11.9 Å². The number of thiazole rings is 1. The SMILES string of the molecule is CCOC(=O)CC(=O)N[C@@H](C)c1ncc(-c2cccc(Nc3cc(C)ccn3)n2)s1. The summed E-state index contributed by atoms with van der Waals surface area (Å²) in [7, 11) is 0. The monoisotopic (exact) mass is 425 g/mol. The molecule has 0 spiro atoms. The first kappa shape index (κ1) is 21.4. The summed E-state index contributed by atoms with van der Waals surface area (Å²) in [5.41, 5.74) is 1.87. The number of esters is 1. The molecule has 9 heteroatoms. The molecule has 8 nitrogen and oxygen atoms in total. The highest BCUT2D eigenvalue weighted by atomic mass is 32.1. The first-order valence-electron chi connectivity index (χ1n) is 9.52. The van der Waals surface area contributed by atoms with Crippen LogP contribution in [-0.4, -0.2) is 33.4 Å². The normalized spacial score (nSPS) is 11.6. The lowest BCUT2D eigenvalue weighted by molar-refractivity contribution is -0.146. The summed E-state index contributed by atoms with van der Waals surface area (Å²) in [6, 6.07) is 9.22. The number of carbonyl (C=O) groups is 2. The number of carbonyl (C=O) groups excluding carboxylic acids is 2. The number of amides is 1. The third-order valence-electron chi connectivity index (χ3n) is 4.05. The Morgan fingerprint density at radius 2 is 2.03 bits per heavy atom. The van der Waals surface area contributed by atoms with E-state index in [1.54, 1.807) is 19.3 Å². The molecule has 0 saturated heterocycles. The van der Waals surface area contributed by atoms with E-state index in [1.807, 2.05) is 44.2 Å². The van der Waals surface area contributed by atoms with Gasteiger partial charge in [-0.25, -0.2) is 15.0 Å². The maximum Gasteiger partial charge on any atom is 0.315 e. The number of nitrogens with one attached hydrogen (secondary N) is 2. The van der Waals surface area contributed by atoms with Gasteiger partial charge in [-0.1, -0.05) is 6.07 Å². The highest BCUT2D eigenvalue weighted by molar-refractivity contribution is 7.15. The molecule has 1 atom stereocenters. The first-order chi connectivity index (χ1) is 14.4. The van der Waals surface area contributed by atoms with Gasteiger partial charge in [0.05, 0.1) is 23.2 Å². The number of rotatable bonds is 8. The van der Waals surface area contributed by atoms with E-state index >= 15 is 0 Å². The second-order valence-electron chi connectivity index (χ2n) is 6.59. The van der Waals surface area contributed by atoms with E-state index in [0.717, 1.165) is 27.0 Å². The lowest BCUT2D eigenvalue weighted by Crippen LogP contribution is -2.29. The van der Waals surface area contributed by atoms with Gasteiger partial charge in [-0.05, 0) is 50.6 Å². The Bertz CT molecular complexity index is 1040. The zero-order valence-corrected chi connectivity index (χ0v) is 17.8. The minimum Gasteiger partial charge on any atom is -0.466 e. The molecular weight excluding hydrogens is 402 g/mol. The number of pyridine rings is 2. The van der Waals surface area contributed by atoms with Crippen molar-refractivity contribution in [1.82, 2.24) is 20.3 Å². The van der Waals surface area contributed by atoms with E-state index in [9.17, 15) is 9.59 Å². The average Bonchev–Trinajstić information content (AvgIpc) is 3.19. The Balaban J connectivity index is 1.67. The number of ether oxygens (including phenoxy) is 1. The van der Waals surface area contributed by atoms with Gasteiger partial charge < -0.3 is 15.4 Å². The fraction of sp³-hybridized carbons (Fsp3) is 0.286. The molecule has 0 unspecified atom stereocenters. The van der Waals surface area contributed by atoms with E-state index < -0.39 is 11.9 Å². The van der Waals surface area contributed by atoms with E-state index in [-0.39, 0.29) is 19.1 Å². The second kappa shape index (κ2) is 9.93. The minimum atomic E-state index is -0.543. The van der Waals surface area contributed by atoms with Gasteiger partial charge in [0.25, 0.3) is 0 Å². The van der Waals surface area contributed by atoms with Crippen LogP contribution in [0.2, 0.25) is 0 Å². The third-order valence-corrected chi connectivity index (χ3v) is 5.26. The smallest absolute Gasteiger partial charge is 0.315 e. The van der Waals surface area contributed by atoms with E-state index in [4.69, 9.17) is 4.74 Å². The van der Waals surface area contributed by atoms with Gasteiger partial charge in [0.2, 0.25) is 5.91 Å². The molecule has 1 amide bonds. The molecule has 0 radical (unpaired) electrons. The Labute approximate surface area is 178 Å². The van der Waals surface area contributed by atoms with Crippen LogP contribution in [0, 0.1) is 6.92 Å². The molecule has 0 aliphatic carbocycles. The lowest BCUT2D eigenvalue weighted by atomic mass is 10.3. The number of nitrogens with zero attached hydrogens (tertiary/aromatic N) is 3. The van der Waals surface area contributed by atoms with Crippen molar-refractivity contribution >= 4 is 34.8 Å². The van der Waals surface area contributed by atoms with Crippen molar-refractivity contribution in [1.29, 1.82) is 0 Å². The fourth-order valence-electron chi connectivity index (χ4n) is 2.68. The molecule has 3 aromatic heterocycles. The van der Waals surface area contributed by atoms with Gasteiger partial charge in [-0.2, -0.15) is 0 Å². The fourth-order valence-corrected chi connectivity index (χ4v) is 3.57. The summed E-state index contributed by atoms with van der Waals surface area (Å²) in [6.45, 7) is 5.77.